The molecule has 0 fully saturated rings. The van der Waals surface area contributed by atoms with E-state index in [2.05, 4.69) is 25.0 Å². The van der Waals surface area contributed by atoms with Crippen LogP contribution in [0.25, 0.3) is 0 Å². The molecule has 31 heavy (non-hydrogen) atoms. The van der Waals surface area contributed by atoms with Gasteiger partial charge in [0.15, 0.2) is 0 Å². The molecule has 170 valence electrons. The van der Waals surface area contributed by atoms with E-state index >= 15 is 0 Å². The minimum atomic E-state index is -1.33. The van der Waals surface area contributed by atoms with Crippen LogP contribution in [0.3, 0.4) is 0 Å². The standard InChI is InChI=1S/C22H32N2O6Si/c1-15-12-17(29-2)7-6-16(15)14-24-9-8-18(25)20(22(24)28)21(27)23-13-19(26)30-10-11-31(3,4)5/h6-7,12,25H,8-11,13-14H2,1-5H3,(H,23,27). The SMILES string of the molecule is COc1ccc(CN2CCC(O)=C(C(=O)NCC(=O)OCC[Si](C)(C)C)C2=O)c(C)c1. The summed E-state index contributed by atoms with van der Waals surface area (Å²) in [5, 5.41) is 12.5. The molecule has 1 aliphatic rings. The van der Waals surface area contributed by atoms with E-state index in [9.17, 15) is 19.5 Å². The Morgan fingerprint density at radius 2 is 1.97 bits per heavy atom. The number of benzene rings is 1. The molecule has 1 heterocycles. The highest BCUT2D eigenvalue weighted by atomic mass is 28.3. The van der Waals surface area contributed by atoms with Gasteiger partial charge in [-0.3, -0.25) is 14.4 Å². The maximum absolute atomic E-state index is 12.9. The first-order valence-corrected chi connectivity index (χ1v) is 14.0. The highest BCUT2D eigenvalue weighted by molar-refractivity contribution is 6.76. The maximum atomic E-state index is 12.9. The zero-order valence-corrected chi connectivity index (χ0v) is 19.9. The van der Waals surface area contributed by atoms with Gasteiger partial charge in [-0.1, -0.05) is 25.7 Å². The van der Waals surface area contributed by atoms with Gasteiger partial charge in [0.2, 0.25) is 0 Å². The molecule has 8 nitrogen and oxygen atoms in total. The van der Waals surface area contributed by atoms with Gasteiger partial charge in [-0.05, 0) is 36.2 Å². The summed E-state index contributed by atoms with van der Waals surface area (Å²) in [6.07, 6.45) is 0.171. The molecular weight excluding hydrogens is 416 g/mol. The molecule has 0 radical (unpaired) electrons. The number of esters is 1. The Labute approximate surface area is 184 Å². The van der Waals surface area contributed by atoms with E-state index in [0.29, 0.717) is 19.7 Å². The van der Waals surface area contributed by atoms with Crippen LogP contribution in [0.1, 0.15) is 17.5 Å². The zero-order chi connectivity index (χ0) is 23.2. The number of methoxy groups -OCH3 is 1. The van der Waals surface area contributed by atoms with Crippen LogP contribution >= 0.6 is 0 Å². The summed E-state index contributed by atoms with van der Waals surface area (Å²) >= 11 is 0. The molecule has 2 amide bonds. The van der Waals surface area contributed by atoms with E-state index in [-0.39, 0.29) is 24.3 Å². The van der Waals surface area contributed by atoms with Gasteiger partial charge in [-0.2, -0.15) is 0 Å². The topological polar surface area (TPSA) is 105 Å². The number of aryl methyl sites for hydroxylation is 1. The van der Waals surface area contributed by atoms with Gasteiger partial charge < -0.3 is 24.8 Å². The lowest BCUT2D eigenvalue weighted by Crippen LogP contribution is -2.43. The normalized spacial score (nSPS) is 14.5. The monoisotopic (exact) mass is 448 g/mol. The molecule has 9 heteroatoms. The highest BCUT2D eigenvalue weighted by Crippen LogP contribution is 2.23. The van der Waals surface area contributed by atoms with Crippen molar-refractivity contribution in [2.45, 2.75) is 45.6 Å². The zero-order valence-electron chi connectivity index (χ0n) is 18.9. The second-order valence-electron chi connectivity index (χ2n) is 8.80. The fourth-order valence-corrected chi connectivity index (χ4v) is 3.78. The molecule has 0 saturated heterocycles. The molecule has 0 unspecified atom stereocenters. The van der Waals surface area contributed by atoms with E-state index in [4.69, 9.17) is 9.47 Å². The third-order valence-electron chi connectivity index (χ3n) is 5.05. The van der Waals surface area contributed by atoms with Gasteiger partial charge >= 0.3 is 5.97 Å². The van der Waals surface area contributed by atoms with Crippen molar-refractivity contribution in [1.29, 1.82) is 0 Å². The Balaban J connectivity index is 1.96. The summed E-state index contributed by atoms with van der Waals surface area (Å²) in [6, 6.07) is 6.39. The van der Waals surface area contributed by atoms with E-state index in [1.165, 1.54) is 4.90 Å². The number of rotatable bonds is 9. The van der Waals surface area contributed by atoms with Gasteiger partial charge in [0.05, 0.1) is 13.7 Å². The Kier molecular flexibility index (Phi) is 8.26. The molecule has 0 aromatic heterocycles. The lowest BCUT2D eigenvalue weighted by Gasteiger charge is -2.28. The number of hydrogen-bond donors (Lipinski definition) is 2. The first-order chi connectivity index (χ1) is 14.5. The molecule has 0 atom stereocenters. The van der Waals surface area contributed by atoms with Gasteiger partial charge in [0, 0.05) is 27.6 Å². The van der Waals surface area contributed by atoms with E-state index in [1.807, 2.05) is 25.1 Å². The highest BCUT2D eigenvalue weighted by Gasteiger charge is 2.32. The number of nitrogens with one attached hydrogen (secondary N) is 1. The minimum Gasteiger partial charge on any atom is -0.511 e. The van der Waals surface area contributed by atoms with Crippen LogP contribution in [0.5, 0.6) is 5.75 Å². The predicted molar refractivity (Wildman–Crippen MR) is 120 cm³/mol. The van der Waals surface area contributed by atoms with Crippen molar-refractivity contribution in [2.24, 2.45) is 0 Å². The van der Waals surface area contributed by atoms with Crippen LogP contribution in [0, 0.1) is 6.92 Å². The van der Waals surface area contributed by atoms with Crippen molar-refractivity contribution in [1.82, 2.24) is 10.2 Å². The lowest BCUT2D eigenvalue weighted by atomic mass is 10.0. The number of nitrogens with zero attached hydrogens (tertiary/aromatic N) is 1. The summed E-state index contributed by atoms with van der Waals surface area (Å²) in [5.74, 6) is -1.46. The average molecular weight is 449 g/mol. The Bertz CT molecular complexity index is 875. The Morgan fingerprint density at radius 3 is 2.58 bits per heavy atom. The summed E-state index contributed by atoms with van der Waals surface area (Å²) < 4.78 is 10.3. The number of hydrogen-bond acceptors (Lipinski definition) is 6. The largest absolute Gasteiger partial charge is 0.511 e. The summed E-state index contributed by atoms with van der Waals surface area (Å²) in [7, 11) is 0.261. The number of carbonyl (C=O) groups excluding carboxylic acids is 3. The molecule has 0 bridgehead atoms. The molecule has 1 aromatic carbocycles. The van der Waals surface area contributed by atoms with Crippen LogP contribution < -0.4 is 10.1 Å². The Hall–Kier alpha value is -2.81. The molecule has 0 saturated carbocycles. The predicted octanol–water partition coefficient (Wildman–Crippen LogP) is 2.55. The van der Waals surface area contributed by atoms with Crippen LogP contribution in [-0.4, -0.2) is 62.7 Å². The van der Waals surface area contributed by atoms with Gasteiger partial charge in [-0.25, -0.2) is 0 Å². The Morgan fingerprint density at radius 1 is 1.26 bits per heavy atom. The summed E-state index contributed by atoms with van der Waals surface area (Å²) in [5.41, 5.74) is 1.55. The minimum absolute atomic E-state index is 0.171. The number of amides is 2. The second-order valence-corrected chi connectivity index (χ2v) is 14.4. The number of aliphatic hydroxyl groups is 1. The second kappa shape index (κ2) is 10.5. The van der Waals surface area contributed by atoms with E-state index in [1.54, 1.807) is 7.11 Å². The first kappa shape index (κ1) is 24.5. The fourth-order valence-electron chi connectivity index (χ4n) is 3.07. The molecule has 0 aliphatic carbocycles. The number of carbonyl (C=O) groups is 3. The summed E-state index contributed by atoms with van der Waals surface area (Å²) in [4.78, 5) is 38.7. The molecule has 0 spiro atoms. The van der Waals surface area contributed by atoms with E-state index in [0.717, 1.165) is 22.9 Å². The van der Waals surface area contributed by atoms with Crippen molar-refractivity contribution in [3.63, 3.8) is 0 Å². The number of ether oxygens (including phenoxy) is 2. The molecule has 1 aliphatic heterocycles. The fraction of sp³-hybridized carbons (Fsp3) is 0.500. The van der Waals surface area contributed by atoms with Gasteiger partial charge in [0.1, 0.15) is 23.6 Å². The smallest absolute Gasteiger partial charge is 0.325 e. The van der Waals surface area contributed by atoms with Crippen molar-refractivity contribution in [2.75, 3.05) is 26.8 Å². The van der Waals surface area contributed by atoms with Gasteiger partial charge in [0.25, 0.3) is 11.8 Å². The maximum Gasteiger partial charge on any atom is 0.325 e. The lowest BCUT2D eigenvalue weighted by molar-refractivity contribution is -0.143. The van der Waals surface area contributed by atoms with Gasteiger partial charge in [-0.15, -0.1) is 0 Å². The third-order valence-corrected chi connectivity index (χ3v) is 6.76. The third kappa shape index (κ3) is 7.13. The van der Waals surface area contributed by atoms with Crippen LogP contribution in [0.15, 0.2) is 29.5 Å². The first-order valence-electron chi connectivity index (χ1n) is 10.3. The molecule has 2 N–H and O–H groups in total. The van der Waals surface area contributed by atoms with Crippen molar-refractivity contribution < 1.29 is 29.0 Å². The molecule has 1 aromatic rings. The quantitative estimate of drug-likeness (QED) is 0.342. The van der Waals surface area contributed by atoms with Crippen molar-refractivity contribution >= 4 is 25.9 Å². The number of aliphatic hydroxyl groups excluding tert-OH is 1. The van der Waals surface area contributed by atoms with Crippen LogP contribution in [0.2, 0.25) is 25.7 Å². The van der Waals surface area contributed by atoms with Crippen LogP contribution in [-0.2, 0) is 25.7 Å². The van der Waals surface area contributed by atoms with Crippen molar-refractivity contribution in [3.05, 3.63) is 40.7 Å². The summed E-state index contributed by atoms with van der Waals surface area (Å²) in [6.45, 7) is 8.99. The molecular formula is C22H32N2O6Si. The average Bonchev–Trinajstić information content (AvgIpc) is 2.68. The molecule has 2 rings (SSSR count). The van der Waals surface area contributed by atoms with E-state index < -0.39 is 25.9 Å². The van der Waals surface area contributed by atoms with Crippen molar-refractivity contribution in [3.8, 4) is 5.75 Å². The van der Waals surface area contributed by atoms with Crippen LogP contribution in [0.4, 0.5) is 0 Å².